The molecule has 0 fully saturated rings. The maximum Gasteiger partial charge on any atom is 0.404 e. The summed E-state index contributed by atoms with van der Waals surface area (Å²) in [6.07, 6.45) is 7.75. The van der Waals surface area contributed by atoms with Gasteiger partial charge in [0.2, 0.25) is 24.1 Å². The molecule has 0 radical (unpaired) electrons. The topological polar surface area (TPSA) is 251 Å². The number of ether oxygens (including phenoxy) is 6. The van der Waals surface area contributed by atoms with Crippen LogP contribution in [-0.4, -0.2) is 121 Å². The normalized spacial score (nSPS) is 26.2. The number of cyclic esters (lactones) is 1. The number of esters is 1. The highest BCUT2D eigenvalue weighted by molar-refractivity contribution is 5.81. The van der Waals surface area contributed by atoms with Crippen LogP contribution in [0.5, 0.6) is 0 Å². The Kier molecular flexibility index (Phi) is 21.4. The van der Waals surface area contributed by atoms with Gasteiger partial charge in [-0.3, -0.25) is 14.4 Å². The molecule has 372 valence electrons. The number of nitrogens with two attached hydrogens (primary N) is 1. The molecule has 13 atom stereocenters. The van der Waals surface area contributed by atoms with E-state index in [4.69, 9.17) is 47.4 Å². The number of hydrogen-bond acceptors (Lipinski definition) is 17. The quantitative estimate of drug-likeness (QED) is 0.100. The monoisotopic (exact) mass is 941 g/mol. The first-order chi connectivity index (χ1) is 31.9. The van der Waals surface area contributed by atoms with Crippen LogP contribution in [0.2, 0.25) is 0 Å². The Balaban J connectivity index is 1.60. The van der Waals surface area contributed by atoms with Crippen LogP contribution in [0, 0.1) is 35.5 Å². The molecule has 4 heterocycles. The number of nitrogens with zero attached hydrogens (tertiary/aromatic N) is 4. The van der Waals surface area contributed by atoms with Crippen molar-refractivity contribution in [2.75, 3.05) is 35.5 Å². The van der Waals surface area contributed by atoms with Crippen LogP contribution in [0.1, 0.15) is 104 Å². The summed E-state index contributed by atoms with van der Waals surface area (Å²) in [6.45, 7) is 11.4. The molecule has 19 nitrogen and oxygen atoms in total. The molecule has 1 aliphatic heterocycles. The third kappa shape index (κ3) is 15.7. The SMILES string of the molecule is COC1c2coc(n2)-c2coc(n2)-c2coc(n2)/C=C/C[C@H](OC)[C@@H](C)[C@H](C[C@H](OC)[C@@H](C)CCC(=O)[C@H](C)[C@@H](OC)[C@H](C)/C=C/N(C)C=O)OC(=O)C[C@@H](OC(N)=O)C[C@H](C)C[C@H](O)[C@@H]1C. The Hall–Kier alpha value is -5.21. The van der Waals surface area contributed by atoms with Crippen LogP contribution < -0.4 is 5.73 Å². The number of hydrogen-bond donors (Lipinski definition) is 2. The van der Waals surface area contributed by atoms with Crippen LogP contribution in [-0.2, 0) is 42.8 Å². The maximum absolute atomic E-state index is 14.0. The van der Waals surface area contributed by atoms with Crippen LogP contribution in [0.25, 0.3) is 29.2 Å². The molecule has 0 aliphatic carbocycles. The van der Waals surface area contributed by atoms with Crippen molar-refractivity contribution in [2.24, 2.45) is 41.2 Å². The van der Waals surface area contributed by atoms with Gasteiger partial charge in [0.05, 0.1) is 30.8 Å². The molecule has 4 rings (SSSR count). The van der Waals surface area contributed by atoms with Crippen molar-refractivity contribution in [3.05, 3.63) is 48.7 Å². The molecule has 0 spiro atoms. The summed E-state index contributed by atoms with van der Waals surface area (Å²) in [5.74, 6) is -1.84. The van der Waals surface area contributed by atoms with Gasteiger partial charge in [-0.1, -0.05) is 53.7 Å². The van der Waals surface area contributed by atoms with Crippen molar-refractivity contribution in [1.29, 1.82) is 0 Å². The first-order valence-electron chi connectivity index (χ1n) is 22.8. The van der Waals surface area contributed by atoms with Crippen LogP contribution in [0.4, 0.5) is 4.79 Å². The molecule has 0 saturated heterocycles. The number of amides is 2. The lowest BCUT2D eigenvalue weighted by Crippen LogP contribution is -2.39. The summed E-state index contributed by atoms with van der Waals surface area (Å²) in [6, 6.07) is 0. The average molecular weight is 942 g/mol. The van der Waals surface area contributed by atoms with Gasteiger partial charge in [0, 0.05) is 78.2 Å². The van der Waals surface area contributed by atoms with Crippen molar-refractivity contribution in [3.8, 4) is 23.2 Å². The van der Waals surface area contributed by atoms with E-state index in [9.17, 15) is 24.3 Å². The van der Waals surface area contributed by atoms with Crippen molar-refractivity contribution in [1.82, 2.24) is 19.9 Å². The van der Waals surface area contributed by atoms with Gasteiger partial charge in [-0.15, -0.1) is 0 Å². The number of rotatable bonds is 17. The van der Waals surface area contributed by atoms with E-state index in [1.165, 1.54) is 30.8 Å². The Labute approximate surface area is 393 Å². The molecule has 6 bridgehead atoms. The van der Waals surface area contributed by atoms with Gasteiger partial charge < -0.3 is 57.4 Å². The highest BCUT2D eigenvalue weighted by atomic mass is 16.6. The number of aliphatic hydroxyl groups excluding tert-OH is 1. The highest BCUT2D eigenvalue weighted by Crippen LogP contribution is 2.34. The van der Waals surface area contributed by atoms with Gasteiger partial charge in [0.25, 0.3) is 0 Å². The molecular formula is C48H71N5O14. The first-order valence-corrected chi connectivity index (χ1v) is 22.8. The number of ketones is 1. The van der Waals surface area contributed by atoms with Crippen molar-refractivity contribution in [3.63, 3.8) is 0 Å². The van der Waals surface area contributed by atoms with Crippen LogP contribution in [0.15, 0.2) is 50.4 Å². The van der Waals surface area contributed by atoms with Gasteiger partial charge in [-0.2, -0.15) is 0 Å². The maximum atomic E-state index is 14.0. The third-order valence-corrected chi connectivity index (χ3v) is 12.8. The number of oxazole rings is 3. The zero-order valence-electron chi connectivity index (χ0n) is 40.7. The molecular weight excluding hydrogens is 871 g/mol. The molecule has 0 aromatic carbocycles. The van der Waals surface area contributed by atoms with E-state index in [0.717, 1.165) is 0 Å². The van der Waals surface area contributed by atoms with Gasteiger partial charge >= 0.3 is 12.1 Å². The lowest BCUT2D eigenvalue weighted by molar-refractivity contribution is -0.160. The third-order valence-electron chi connectivity index (χ3n) is 12.8. The van der Waals surface area contributed by atoms with Crippen LogP contribution in [0.3, 0.4) is 0 Å². The fraction of sp³-hybridized carbons (Fsp3) is 0.646. The second-order valence-electron chi connectivity index (χ2n) is 17.9. The van der Waals surface area contributed by atoms with E-state index >= 15 is 0 Å². The van der Waals surface area contributed by atoms with Gasteiger partial charge in [-0.05, 0) is 43.6 Å². The first kappa shape index (κ1) is 54.4. The zero-order chi connectivity index (χ0) is 49.4. The van der Waals surface area contributed by atoms with Crippen molar-refractivity contribution < 1.29 is 66.0 Å². The van der Waals surface area contributed by atoms with E-state index in [1.54, 1.807) is 40.7 Å². The van der Waals surface area contributed by atoms with Crippen LogP contribution >= 0.6 is 0 Å². The van der Waals surface area contributed by atoms with Gasteiger partial charge in [0.15, 0.2) is 11.4 Å². The Morgan fingerprint density at radius 2 is 1.63 bits per heavy atom. The number of fused-ring (bicyclic) bond motifs is 8. The smallest absolute Gasteiger partial charge is 0.404 e. The molecule has 3 aromatic rings. The fourth-order valence-electron chi connectivity index (χ4n) is 8.69. The number of carbonyl (C=O) groups is 4. The minimum atomic E-state index is -1.05. The summed E-state index contributed by atoms with van der Waals surface area (Å²) in [5, 5.41) is 11.4. The summed E-state index contributed by atoms with van der Waals surface area (Å²) < 4.78 is 52.4. The minimum absolute atomic E-state index is 0.0194. The average Bonchev–Trinajstić information content (AvgIpc) is 4.09. The Bertz CT molecular complexity index is 2060. The molecule has 1 aliphatic rings. The standard InChI is InChI=1S/C48H71N5O14/c1-27-19-33(66-48(49)58)21-43(57)67-41(22-40(60-9)28(2)15-16-37(55)30(4)44(61-10)29(3)17-18-53(7)26-54)32(6)39(59-8)13-12-14-42-50-35(24-63-42)46-52-36(25-65-46)47-51-34(23-64-47)45(62-11)31(5)38(56)20-27/h12,14,17-18,23-33,38-41,44-45,56H,13,15-16,19-22H2,1-11H3,(H2,49,58)/b14-12+,18-17+/t27-,28-,29+,30-,31-,32+,33-,38-,39-,40-,41-,44-,45?/m0/s1. The minimum Gasteiger partial charge on any atom is -0.462 e. The van der Waals surface area contributed by atoms with E-state index in [0.29, 0.717) is 36.3 Å². The molecule has 1 unspecified atom stereocenters. The molecule has 3 aromatic heterocycles. The number of aromatic nitrogens is 3. The molecule has 3 N–H and O–H groups in total. The predicted molar refractivity (Wildman–Crippen MR) is 244 cm³/mol. The van der Waals surface area contributed by atoms with E-state index < -0.39 is 72.5 Å². The predicted octanol–water partition coefficient (Wildman–Crippen LogP) is 7.20. The Morgan fingerprint density at radius 1 is 0.940 bits per heavy atom. The summed E-state index contributed by atoms with van der Waals surface area (Å²) in [4.78, 5) is 65.7. The zero-order valence-corrected chi connectivity index (χ0v) is 40.7. The number of aliphatic hydroxyl groups is 1. The van der Waals surface area contributed by atoms with E-state index in [-0.39, 0.29) is 73.3 Å². The number of Topliss-reactive ketones (excluding diaryl/α,β-unsaturated/α-hetero) is 1. The molecule has 67 heavy (non-hydrogen) atoms. The fourth-order valence-corrected chi connectivity index (χ4v) is 8.69. The summed E-state index contributed by atoms with van der Waals surface area (Å²) in [5.41, 5.74) is 6.58. The molecule has 19 heteroatoms. The molecule has 0 saturated carbocycles. The van der Waals surface area contributed by atoms with E-state index in [1.807, 2.05) is 53.7 Å². The number of methoxy groups -OCH3 is 4. The second-order valence-corrected chi connectivity index (χ2v) is 17.9. The number of carbonyl (C=O) groups excluding carboxylic acids is 4. The summed E-state index contributed by atoms with van der Waals surface area (Å²) >= 11 is 0. The van der Waals surface area contributed by atoms with E-state index in [2.05, 4.69) is 15.0 Å². The van der Waals surface area contributed by atoms with Gasteiger partial charge in [-0.25, -0.2) is 19.7 Å². The summed E-state index contributed by atoms with van der Waals surface area (Å²) in [7, 11) is 7.86. The number of primary amides is 1. The second kappa shape index (κ2) is 26.4. The van der Waals surface area contributed by atoms with Crippen molar-refractivity contribution in [2.45, 2.75) is 129 Å². The lowest BCUT2D eigenvalue weighted by atomic mass is 9.84. The van der Waals surface area contributed by atoms with Gasteiger partial charge in [0.1, 0.15) is 48.6 Å². The largest absolute Gasteiger partial charge is 0.462 e. The lowest BCUT2D eigenvalue weighted by Gasteiger charge is -2.34. The highest BCUT2D eigenvalue weighted by Gasteiger charge is 2.36. The van der Waals surface area contributed by atoms with Crippen molar-refractivity contribution >= 4 is 30.3 Å². The Morgan fingerprint density at radius 3 is 2.28 bits per heavy atom. The molecule has 2 amide bonds.